The number of anilines is 1. The van der Waals surface area contributed by atoms with Crippen LogP contribution in [0.25, 0.3) is 10.6 Å². The molecule has 1 N–H and O–H groups in total. The summed E-state index contributed by atoms with van der Waals surface area (Å²) in [5, 5.41) is 3.66. The highest BCUT2D eigenvalue weighted by Gasteiger charge is 2.20. The van der Waals surface area contributed by atoms with E-state index in [2.05, 4.69) is 9.88 Å². The second-order valence-electron chi connectivity index (χ2n) is 5.57. The highest BCUT2D eigenvalue weighted by molar-refractivity contribution is 7.94. The van der Waals surface area contributed by atoms with Crippen molar-refractivity contribution in [1.29, 1.82) is 0 Å². The van der Waals surface area contributed by atoms with E-state index < -0.39 is 16.0 Å². The van der Waals surface area contributed by atoms with E-state index in [0.717, 1.165) is 23.3 Å². The van der Waals surface area contributed by atoms with Gasteiger partial charge in [-0.15, -0.1) is 11.3 Å². The van der Waals surface area contributed by atoms with Gasteiger partial charge in [0.1, 0.15) is 4.21 Å². The summed E-state index contributed by atoms with van der Waals surface area (Å²) in [6.45, 7) is 3.92. The fourth-order valence-corrected chi connectivity index (χ4v) is 4.65. The molecule has 0 atom stereocenters. The molecule has 2 aromatic heterocycles. The molecule has 0 saturated carbocycles. The van der Waals surface area contributed by atoms with Gasteiger partial charge in [0.25, 0.3) is 10.0 Å². The molecule has 0 aliphatic rings. The molecular weight excluding hydrogens is 388 g/mol. The molecule has 0 saturated heterocycles. The molecule has 3 aromatic rings. The minimum absolute atomic E-state index is 0.0409. The van der Waals surface area contributed by atoms with Crippen molar-refractivity contribution in [1.82, 2.24) is 5.16 Å². The van der Waals surface area contributed by atoms with E-state index in [4.69, 9.17) is 9.26 Å². The minimum Gasteiger partial charge on any atom is -0.461 e. The van der Waals surface area contributed by atoms with E-state index in [1.807, 2.05) is 19.1 Å². The number of aryl methyl sites for hydroxylation is 1. The van der Waals surface area contributed by atoms with Crippen LogP contribution >= 0.6 is 11.3 Å². The summed E-state index contributed by atoms with van der Waals surface area (Å²) in [6.07, 6.45) is 0.813. The van der Waals surface area contributed by atoms with Gasteiger partial charge < -0.3 is 9.26 Å². The van der Waals surface area contributed by atoms with Crippen LogP contribution in [0.3, 0.4) is 0 Å². The zero-order valence-corrected chi connectivity index (χ0v) is 16.4. The maximum atomic E-state index is 12.6. The van der Waals surface area contributed by atoms with Gasteiger partial charge in [-0.3, -0.25) is 4.72 Å². The number of nitrogens with zero attached hydrogens (tertiary/aromatic N) is 1. The van der Waals surface area contributed by atoms with E-state index in [9.17, 15) is 13.2 Å². The highest BCUT2D eigenvalue weighted by Crippen LogP contribution is 2.32. The first kappa shape index (κ1) is 19.1. The molecule has 1 aromatic carbocycles. The Kier molecular flexibility index (Phi) is 5.62. The molecule has 2 heterocycles. The summed E-state index contributed by atoms with van der Waals surface area (Å²) < 4.78 is 38.0. The molecule has 0 bridgehead atoms. The van der Waals surface area contributed by atoms with Crippen LogP contribution < -0.4 is 4.72 Å². The lowest BCUT2D eigenvalue weighted by atomic mass is 10.1. The number of nitrogens with one attached hydrogen (secondary N) is 1. The van der Waals surface area contributed by atoms with Crippen molar-refractivity contribution in [2.24, 2.45) is 0 Å². The zero-order chi connectivity index (χ0) is 19.4. The molecule has 142 valence electrons. The first-order valence-corrected chi connectivity index (χ1v) is 10.6. The first-order valence-electron chi connectivity index (χ1n) is 8.28. The normalized spacial score (nSPS) is 11.3. The third-order valence-corrected chi connectivity index (χ3v) is 6.64. The molecule has 0 aliphatic heterocycles. The summed E-state index contributed by atoms with van der Waals surface area (Å²) in [5.41, 5.74) is 1.59. The Morgan fingerprint density at radius 1 is 1.22 bits per heavy atom. The van der Waals surface area contributed by atoms with Crippen molar-refractivity contribution in [2.45, 2.75) is 24.5 Å². The lowest BCUT2D eigenvalue weighted by Gasteiger charge is -2.07. The highest BCUT2D eigenvalue weighted by atomic mass is 32.2. The van der Waals surface area contributed by atoms with Gasteiger partial charge in [-0.2, -0.15) is 0 Å². The Hall–Kier alpha value is -2.65. The Balaban J connectivity index is 1.81. The second kappa shape index (κ2) is 7.93. The fraction of sp³-hybridized carbons (Fsp3) is 0.222. The molecule has 7 nitrogen and oxygen atoms in total. The molecule has 3 rings (SSSR count). The van der Waals surface area contributed by atoms with Crippen LogP contribution in [0.15, 0.2) is 51.2 Å². The third-order valence-electron chi connectivity index (χ3n) is 3.67. The van der Waals surface area contributed by atoms with Crippen LogP contribution in [-0.2, 0) is 21.2 Å². The zero-order valence-electron chi connectivity index (χ0n) is 14.8. The molecule has 0 unspecified atom stereocenters. The summed E-state index contributed by atoms with van der Waals surface area (Å²) in [5.74, 6) is -0.285. The number of carbonyl (C=O) groups excluding carboxylic acids is 1. The van der Waals surface area contributed by atoms with Gasteiger partial charge in [-0.25, -0.2) is 13.2 Å². The smallest absolute Gasteiger partial charge is 0.360 e. The third kappa shape index (κ3) is 4.37. The lowest BCUT2D eigenvalue weighted by molar-refractivity contribution is 0.0514. The van der Waals surface area contributed by atoms with Gasteiger partial charge in [0.2, 0.25) is 0 Å². The van der Waals surface area contributed by atoms with Crippen LogP contribution in [0.5, 0.6) is 0 Å². The predicted molar refractivity (Wildman–Crippen MR) is 102 cm³/mol. The van der Waals surface area contributed by atoms with Crippen LogP contribution in [0, 0.1) is 0 Å². The number of aromatic nitrogens is 1. The number of rotatable bonds is 7. The number of carbonyl (C=O) groups is 1. The van der Waals surface area contributed by atoms with E-state index in [1.165, 1.54) is 12.1 Å². The number of ether oxygens (including phenoxy) is 1. The number of esters is 1. The maximum absolute atomic E-state index is 12.6. The summed E-state index contributed by atoms with van der Waals surface area (Å²) in [4.78, 5) is 12.2. The summed E-state index contributed by atoms with van der Waals surface area (Å²) >= 11 is 1.02. The van der Waals surface area contributed by atoms with Crippen molar-refractivity contribution < 1.29 is 22.5 Å². The Labute approximate surface area is 161 Å². The largest absolute Gasteiger partial charge is 0.461 e. The van der Waals surface area contributed by atoms with Gasteiger partial charge in [-0.05, 0) is 43.2 Å². The SMILES string of the molecule is CCOC(=O)c1cc(-c2ccc(S(=O)(=O)Nc3cccc(CC)c3)s2)on1. The summed E-state index contributed by atoms with van der Waals surface area (Å²) in [7, 11) is -3.73. The Morgan fingerprint density at radius 3 is 2.78 bits per heavy atom. The molecule has 0 amide bonds. The van der Waals surface area contributed by atoms with Crippen molar-refractivity contribution in [3.63, 3.8) is 0 Å². The number of thiophene rings is 1. The fourth-order valence-electron chi connectivity index (χ4n) is 2.35. The molecule has 0 fully saturated rings. The summed E-state index contributed by atoms with van der Waals surface area (Å²) in [6, 6.07) is 11.8. The van der Waals surface area contributed by atoms with E-state index >= 15 is 0 Å². The van der Waals surface area contributed by atoms with Crippen LogP contribution in [0.1, 0.15) is 29.9 Å². The van der Waals surface area contributed by atoms with Crippen molar-refractivity contribution in [3.8, 4) is 10.6 Å². The monoisotopic (exact) mass is 406 g/mol. The van der Waals surface area contributed by atoms with Gasteiger partial charge in [-0.1, -0.05) is 24.2 Å². The molecular formula is C18H18N2O5S2. The molecule has 0 aliphatic carbocycles. The molecule has 0 spiro atoms. The average molecular weight is 406 g/mol. The van der Waals surface area contributed by atoms with Gasteiger partial charge >= 0.3 is 5.97 Å². The topological polar surface area (TPSA) is 98.5 Å². The van der Waals surface area contributed by atoms with Gasteiger partial charge in [0, 0.05) is 11.8 Å². The molecule has 27 heavy (non-hydrogen) atoms. The second-order valence-corrected chi connectivity index (χ2v) is 8.57. The Morgan fingerprint density at radius 2 is 2.04 bits per heavy atom. The Bertz CT molecular complexity index is 1050. The number of sulfonamides is 1. The van der Waals surface area contributed by atoms with Crippen molar-refractivity contribution in [2.75, 3.05) is 11.3 Å². The van der Waals surface area contributed by atoms with E-state index in [0.29, 0.717) is 16.3 Å². The van der Waals surface area contributed by atoms with Crippen LogP contribution in [0.4, 0.5) is 5.69 Å². The average Bonchev–Trinajstić information content (AvgIpc) is 3.31. The van der Waals surface area contributed by atoms with E-state index in [1.54, 1.807) is 25.1 Å². The minimum atomic E-state index is -3.73. The predicted octanol–water partition coefficient (Wildman–Crippen LogP) is 3.94. The number of hydrogen-bond donors (Lipinski definition) is 1. The maximum Gasteiger partial charge on any atom is 0.360 e. The van der Waals surface area contributed by atoms with E-state index in [-0.39, 0.29) is 16.5 Å². The standard InChI is InChI=1S/C18H18N2O5S2/c1-3-12-6-5-7-13(10-12)20-27(22,23)17-9-8-16(26-17)15-11-14(19-25-15)18(21)24-4-2/h5-11,20H,3-4H2,1-2H3. The van der Waals surface area contributed by atoms with Crippen molar-refractivity contribution >= 4 is 33.0 Å². The quantitative estimate of drug-likeness (QED) is 0.597. The van der Waals surface area contributed by atoms with Gasteiger partial charge in [0.05, 0.1) is 11.5 Å². The number of benzene rings is 1. The first-order chi connectivity index (χ1) is 12.9. The molecule has 9 heteroatoms. The van der Waals surface area contributed by atoms with Crippen molar-refractivity contribution in [3.05, 3.63) is 53.7 Å². The van der Waals surface area contributed by atoms with Crippen LogP contribution in [-0.4, -0.2) is 26.2 Å². The van der Waals surface area contributed by atoms with Gasteiger partial charge in [0.15, 0.2) is 11.5 Å². The lowest BCUT2D eigenvalue weighted by Crippen LogP contribution is -2.11. The van der Waals surface area contributed by atoms with Crippen LogP contribution in [0.2, 0.25) is 0 Å². The number of hydrogen-bond acceptors (Lipinski definition) is 7. The molecule has 0 radical (unpaired) electrons.